The van der Waals surface area contributed by atoms with Gasteiger partial charge >= 0.3 is 120 Å². The van der Waals surface area contributed by atoms with Gasteiger partial charge in [-0.3, -0.25) is 0 Å². The summed E-state index contributed by atoms with van der Waals surface area (Å²) in [6, 6.07) is 6.59. The number of aryl methyl sites for hydroxylation is 1. The Morgan fingerprint density at radius 2 is 1.94 bits per heavy atom. The minimum atomic E-state index is -0.459. The van der Waals surface area contributed by atoms with Crippen LogP contribution >= 0.6 is 0 Å². The number of rotatable bonds is 3. The van der Waals surface area contributed by atoms with Gasteiger partial charge in [0.25, 0.3) is 0 Å². The fourth-order valence-corrected chi connectivity index (χ4v) is 3.03. The summed E-state index contributed by atoms with van der Waals surface area (Å²) in [5.74, 6) is 1.03. The molecule has 0 atom stereocenters. The average molecular weight is 276 g/mol. The molecule has 0 unspecified atom stereocenters. The van der Waals surface area contributed by atoms with E-state index in [1.807, 2.05) is 0 Å². The Morgan fingerprint density at radius 3 is 2.56 bits per heavy atom. The summed E-state index contributed by atoms with van der Waals surface area (Å²) < 4.78 is 7.49. The van der Waals surface area contributed by atoms with Crippen molar-refractivity contribution >= 4 is 0 Å². The molecule has 18 heavy (non-hydrogen) atoms. The molecule has 0 fully saturated rings. The Morgan fingerprint density at radius 1 is 1.17 bits per heavy atom. The molecule has 2 rings (SSSR count). The van der Waals surface area contributed by atoms with E-state index in [0.717, 1.165) is 12.2 Å². The molecule has 94 valence electrons. The van der Waals surface area contributed by atoms with E-state index in [4.69, 9.17) is 3.32 Å². The van der Waals surface area contributed by atoms with Gasteiger partial charge in [0.15, 0.2) is 0 Å². The second-order valence-corrected chi connectivity index (χ2v) is 7.45. The summed E-state index contributed by atoms with van der Waals surface area (Å²) in [5.41, 5.74) is 2.81. The summed E-state index contributed by atoms with van der Waals surface area (Å²) in [6.07, 6.45) is 7.59. The minimum absolute atomic E-state index is 0.179. The summed E-state index contributed by atoms with van der Waals surface area (Å²) in [5, 5.41) is 0. The van der Waals surface area contributed by atoms with Crippen LogP contribution in [0.2, 0.25) is 0 Å². The molecule has 0 bridgehead atoms. The quantitative estimate of drug-likeness (QED) is 0.738. The molecule has 1 aromatic carbocycles. The van der Waals surface area contributed by atoms with Gasteiger partial charge in [0.1, 0.15) is 0 Å². The van der Waals surface area contributed by atoms with Crippen LogP contribution < -0.4 is 3.32 Å². The standard InChI is InChI=1S/C11H16O.C5H5.Ti/c1-8-5-9(11(2,3)4)7-10(12)6-8;1-2-4-5-3-1;/h5-7,12H,1-4H3;1-3H,4H2;/q;;+1/p-1. The molecular formula is C16H20OTi. The number of hydrogen-bond acceptors (Lipinski definition) is 1. The molecule has 0 N–H and O–H groups in total. The average Bonchev–Trinajstić information content (AvgIpc) is 2.77. The van der Waals surface area contributed by atoms with Gasteiger partial charge in [0, 0.05) is 0 Å². The van der Waals surface area contributed by atoms with Crippen molar-refractivity contribution in [2.75, 3.05) is 0 Å². The number of allylic oxidation sites excluding steroid dienone is 4. The third kappa shape index (κ3) is 3.60. The van der Waals surface area contributed by atoms with E-state index in [1.165, 1.54) is 15.0 Å². The first-order chi connectivity index (χ1) is 8.45. The molecule has 0 saturated carbocycles. The van der Waals surface area contributed by atoms with Gasteiger partial charge in [0.2, 0.25) is 0 Å². The fraction of sp³-hybridized carbons (Fsp3) is 0.375. The normalized spacial score (nSPS) is 14.6. The Kier molecular flexibility index (Phi) is 4.14. The zero-order valence-electron chi connectivity index (χ0n) is 11.6. The summed E-state index contributed by atoms with van der Waals surface area (Å²) in [4.78, 5) is 0. The molecule has 1 aliphatic carbocycles. The molecule has 0 heterocycles. The Bertz CT molecular complexity index is 492. The van der Waals surface area contributed by atoms with E-state index in [2.05, 4.69) is 64.1 Å². The second-order valence-electron chi connectivity index (χ2n) is 5.81. The second kappa shape index (κ2) is 5.46. The van der Waals surface area contributed by atoms with E-state index >= 15 is 0 Å². The van der Waals surface area contributed by atoms with Crippen molar-refractivity contribution in [3.63, 3.8) is 0 Å². The van der Waals surface area contributed by atoms with Crippen LogP contribution in [0.1, 0.15) is 38.3 Å². The van der Waals surface area contributed by atoms with Gasteiger partial charge in [-0.2, -0.15) is 0 Å². The first kappa shape index (κ1) is 13.6. The van der Waals surface area contributed by atoms with Crippen molar-refractivity contribution in [2.45, 2.75) is 39.5 Å². The zero-order valence-corrected chi connectivity index (χ0v) is 13.1. The van der Waals surface area contributed by atoms with Crippen LogP contribution in [0.15, 0.2) is 40.3 Å². The van der Waals surface area contributed by atoms with E-state index in [9.17, 15) is 0 Å². The molecule has 0 saturated heterocycles. The Hall–Kier alpha value is -0.786. The van der Waals surface area contributed by atoms with Gasteiger partial charge in [-0.25, -0.2) is 0 Å². The van der Waals surface area contributed by atoms with Crippen LogP contribution in [0.4, 0.5) is 0 Å². The van der Waals surface area contributed by atoms with Gasteiger partial charge in [-0.15, -0.1) is 0 Å². The van der Waals surface area contributed by atoms with Crippen molar-refractivity contribution in [1.29, 1.82) is 0 Å². The topological polar surface area (TPSA) is 9.23 Å². The number of benzene rings is 1. The molecule has 0 aromatic heterocycles. The molecule has 0 radical (unpaired) electrons. The van der Waals surface area contributed by atoms with Crippen molar-refractivity contribution in [1.82, 2.24) is 0 Å². The van der Waals surface area contributed by atoms with E-state index in [0.29, 0.717) is 0 Å². The monoisotopic (exact) mass is 276 g/mol. The molecule has 1 aliphatic rings. The maximum atomic E-state index is 6.02. The molecule has 1 nitrogen and oxygen atoms in total. The number of hydrogen-bond donors (Lipinski definition) is 0. The first-order valence-electron chi connectivity index (χ1n) is 6.36. The SMILES string of the molecule is Cc1cc([O][Ti][C]2=CC=CC2)cc(C(C)(C)C)c1. The summed E-state index contributed by atoms with van der Waals surface area (Å²) in [7, 11) is 0. The van der Waals surface area contributed by atoms with Gasteiger partial charge in [-0.05, 0) is 0 Å². The van der Waals surface area contributed by atoms with Crippen LogP contribution in [0, 0.1) is 6.92 Å². The van der Waals surface area contributed by atoms with E-state index in [-0.39, 0.29) is 5.41 Å². The van der Waals surface area contributed by atoms with Crippen LogP contribution in [-0.4, -0.2) is 0 Å². The molecule has 0 amide bonds. The van der Waals surface area contributed by atoms with E-state index < -0.39 is 19.5 Å². The molecule has 2 heteroatoms. The predicted molar refractivity (Wildman–Crippen MR) is 72.3 cm³/mol. The third-order valence-corrected chi connectivity index (χ3v) is 4.50. The van der Waals surface area contributed by atoms with Crippen LogP contribution in [-0.2, 0) is 25.0 Å². The van der Waals surface area contributed by atoms with Crippen molar-refractivity contribution in [3.8, 4) is 5.75 Å². The molecule has 0 spiro atoms. The van der Waals surface area contributed by atoms with Crippen LogP contribution in [0.25, 0.3) is 0 Å². The molecule has 1 aromatic rings. The zero-order chi connectivity index (χ0) is 13.2. The Labute approximate surface area is 119 Å². The van der Waals surface area contributed by atoms with Crippen LogP contribution in [0.3, 0.4) is 0 Å². The van der Waals surface area contributed by atoms with Crippen molar-refractivity contribution < 1.29 is 22.9 Å². The van der Waals surface area contributed by atoms with Crippen molar-refractivity contribution in [2.24, 2.45) is 0 Å². The predicted octanol–water partition coefficient (Wildman–Crippen LogP) is 4.51. The van der Waals surface area contributed by atoms with Gasteiger partial charge < -0.3 is 0 Å². The Balaban J connectivity index is 2.10. The van der Waals surface area contributed by atoms with Crippen LogP contribution in [0.5, 0.6) is 5.75 Å². The third-order valence-electron chi connectivity index (χ3n) is 2.99. The summed E-state index contributed by atoms with van der Waals surface area (Å²) in [6.45, 7) is 8.86. The molecular weight excluding hydrogens is 256 g/mol. The van der Waals surface area contributed by atoms with Gasteiger partial charge in [0.05, 0.1) is 0 Å². The first-order valence-corrected chi connectivity index (χ1v) is 7.78. The summed E-state index contributed by atoms with van der Waals surface area (Å²) >= 11 is -0.459. The fourth-order valence-electron chi connectivity index (χ4n) is 1.89. The maximum absolute atomic E-state index is 6.02. The van der Waals surface area contributed by atoms with E-state index in [1.54, 1.807) is 0 Å². The molecule has 0 aliphatic heterocycles. The van der Waals surface area contributed by atoms with Crippen molar-refractivity contribution in [3.05, 3.63) is 51.4 Å². The van der Waals surface area contributed by atoms with Gasteiger partial charge in [-0.1, -0.05) is 0 Å².